The van der Waals surface area contributed by atoms with Gasteiger partial charge in [-0.05, 0) is 36.2 Å². The second-order valence-electron chi connectivity index (χ2n) is 4.33. The van der Waals surface area contributed by atoms with Crippen molar-refractivity contribution < 1.29 is 9.66 Å². The number of thiophene rings is 1. The van der Waals surface area contributed by atoms with Crippen molar-refractivity contribution in [1.29, 1.82) is 0 Å². The Bertz CT molecular complexity index is 583. The van der Waals surface area contributed by atoms with E-state index in [9.17, 15) is 10.1 Å². The van der Waals surface area contributed by atoms with Gasteiger partial charge in [0.25, 0.3) is 0 Å². The van der Waals surface area contributed by atoms with E-state index in [1.807, 2.05) is 23.6 Å². The fourth-order valence-electron chi connectivity index (χ4n) is 1.84. The number of nitro groups is 1. The average molecular weight is 292 g/mol. The Morgan fingerprint density at radius 2 is 2.20 bits per heavy atom. The normalized spacial score (nSPS) is 10.4. The summed E-state index contributed by atoms with van der Waals surface area (Å²) in [7, 11) is 1.65. The lowest BCUT2D eigenvalue weighted by Gasteiger charge is -2.05. The van der Waals surface area contributed by atoms with Crippen molar-refractivity contribution in [2.24, 2.45) is 0 Å². The van der Waals surface area contributed by atoms with E-state index in [4.69, 9.17) is 4.74 Å². The summed E-state index contributed by atoms with van der Waals surface area (Å²) in [6, 6.07) is 9.57. The van der Waals surface area contributed by atoms with Crippen LogP contribution in [0.25, 0.3) is 0 Å². The first-order valence-corrected chi connectivity index (χ1v) is 7.12. The zero-order valence-corrected chi connectivity index (χ0v) is 12.0. The number of nitrogens with zero attached hydrogens (tertiary/aromatic N) is 1. The van der Waals surface area contributed by atoms with Crippen LogP contribution in [-0.2, 0) is 13.0 Å². The molecule has 20 heavy (non-hydrogen) atoms. The molecule has 0 saturated carbocycles. The molecule has 1 N–H and O–H groups in total. The van der Waals surface area contributed by atoms with E-state index in [0.29, 0.717) is 6.54 Å². The van der Waals surface area contributed by atoms with Crippen LogP contribution in [0, 0.1) is 10.1 Å². The highest BCUT2D eigenvalue weighted by Gasteiger charge is 2.08. The van der Waals surface area contributed by atoms with Gasteiger partial charge in [-0.2, -0.15) is 0 Å². The van der Waals surface area contributed by atoms with Crippen molar-refractivity contribution in [3.05, 3.63) is 57.0 Å². The molecule has 0 unspecified atom stereocenters. The second kappa shape index (κ2) is 7.02. The van der Waals surface area contributed by atoms with Gasteiger partial charge in [-0.25, -0.2) is 0 Å². The van der Waals surface area contributed by atoms with Crippen molar-refractivity contribution in [2.75, 3.05) is 13.7 Å². The van der Waals surface area contributed by atoms with E-state index in [1.165, 1.54) is 5.56 Å². The third kappa shape index (κ3) is 4.04. The molecule has 0 amide bonds. The molecule has 0 aliphatic carbocycles. The molecule has 0 fully saturated rings. The summed E-state index contributed by atoms with van der Waals surface area (Å²) in [6.07, 6.45) is 0.892. The number of ether oxygens (including phenoxy) is 1. The molecule has 0 aliphatic rings. The zero-order valence-electron chi connectivity index (χ0n) is 11.2. The van der Waals surface area contributed by atoms with Gasteiger partial charge in [-0.3, -0.25) is 10.1 Å². The molecule has 106 valence electrons. The monoisotopic (exact) mass is 292 g/mol. The summed E-state index contributed by atoms with van der Waals surface area (Å²) in [4.78, 5) is 10.2. The van der Waals surface area contributed by atoms with Crippen LogP contribution in [0.1, 0.15) is 11.1 Å². The molecular formula is C14H16N2O3S. The highest BCUT2D eigenvalue weighted by molar-refractivity contribution is 7.13. The van der Waals surface area contributed by atoms with Gasteiger partial charge in [0.1, 0.15) is 5.75 Å². The van der Waals surface area contributed by atoms with Crippen molar-refractivity contribution in [1.82, 2.24) is 5.32 Å². The van der Waals surface area contributed by atoms with Gasteiger partial charge in [0.2, 0.25) is 0 Å². The predicted molar refractivity (Wildman–Crippen MR) is 79.4 cm³/mol. The Kier molecular flexibility index (Phi) is 5.09. The quantitative estimate of drug-likeness (QED) is 0.484. The maximum atomic E-state index is 10.6. The van der Waals surface area contributed by atoms with Crippen molar-refractivity contribution in [3.8, 4) is 5.75 Å². The van der Waals surface area contributed by atoms with Crippen LogP contribution in [0.5, 0.6) is 5.75 Å². The molecule has 1 aromatic carbocycles. The average Bonchev–Trinajstić information content (AvgIpc) is 2.93. The Morgan fingerprint density at radius 1 is 1.35 bits per heavy atom. The maximum Gasteiger partial charge on any atom is 0.324 e. The number of nitrogens with one attached hydrogen (secondary N) is 1. The van der Waals surface area contributed by atoms with Crippen LogP contribution >= 0.6 is 11.3 Å². The first-order chi connectivity index (χ1) is 9.69. The minimum atomic E-state index is -0.357. The van der Waals surface area contributed by atoms with Gasteiger partial charge < -0.3 is 10.1 Å². The highest BCUT2D eigenvalue weighted by atomic mass is 32.1. The Labute approximate surface area is 121 Å². The summed E-state index contributed by atoms with van der Waals surface area (Å²) in [6.45, 7) is 1.46. The molecule has 0 saturated heterocycles. The molecule has 0 spiro atoms. The molecule has 0 radical (unpaired) electrons. The van der Waals surface area contributed by atoms with E-state index >= 15 is 0 Å². The summed E-state index contributed by atoms with van der Waals surface area (Å²) in [5.41, 5.74) is 2.15. The van der Waals surface area contributed by atoms with E-state index < -0.39 is 0 Å². The van der Waals surface area contributed by atoms with E-state index in [0.717, 1.165) is 35.6 Å². The van der Waals surface area contributed by atoms with Crippen LogP contribution in [0.2, 0.25) is 0 Å². The predicted octanol–water partition coefficient (Wildman–Crippen LogP) is 3.00. The van der Waals surface area contributed by atoms with Gasteiger partial charge in [-0.1, -0.05) is 23.5 Å². The zero-order chi connectivity index (χ0) is 14.4. The Morgan fingerprint density at radius 3 is 2.90 bits per heavy atom. The van der Waals surface area contributed by atoms with E-state index in [1.54, 1.807) is 13.2 Å². The molecule has 5 nitrogen and oxygen atoms in total. The molecule has 6 heteroatoms. The molecule has 2 aromatic rings. The topological polar surface area (TPSA) is 64.4 Å². The molecule has 1 heterocycles. The Balaban J connectivity index is 1.76. The lowest BCUT2D eigenvalue weighted by Crippen LogP contribution is -2.16. The lowest BCUT2D eigenvalue weighted by molar-refractivity contribution is -0.380. The highest BCUT2D eigenvalue weighted by Crippen LogP contribution is 2.22. The smallest absolute Gasteiger partial charge is 0.324 e. The SMILES string of the molecule is COc1cccc(CCNCc2csc([N+](=O)[O-])c2)c1. The van der Waals surface area contributed by atoms with Crippen LogP contribution in [0.4, 0.5) is 5.00 Å². The molecule has 0 aliphatic heterocycles. The fraction of sp³-hybridized carbons (Fsp3) is 0.286. The molecular weight excluding hydrogens is 276 g/mol. The van der Waals surface area contributed by atoms with Crippen LogP contribution in [0.3, 0.4) is 0 Å². The van der Waals surface area contributed by atoms with Gasteiger partial charge in [0.15, 0.2) is 0 Å². The lowest BCUT2D eigenvalue weighted by atomic mass is 10.1. The standard InChI is InChI=1S/C14H16N2O3S/c1-19-13-4-2-3-11(7-13)5-6-15-9-12-8-14(16(17)18)20-10-12/h2-4,7-8,10,15H,5-6,9H2,1H3. The molecule has 0 atom stereocenters. The van der Waals surface area contributed by atoms with Crippen LogP contribution < -0.4 is 10.1 Å². The van der Waals surface area contributed by atoms with Crippen LogP contribution in [-0.4, -0.2) is 18.6 Å². The minimum absolute atomic E-state index is 0.189. The van der Waals surface area contributed by atoms with Gasteiger partial charge in [-0.15, -0.1) is 0 Å². The third-order valence-corrected chi connectivity index (χ3v) is 3.80. The maximum absolute atomic E-state index is 10.6. The van der Waals surface area contributed by atoms with E-state index in [2.05, 4.69) is 11.4 Å². The van der Waals surface area contributed by atoms with Gasteiger partial charge in [0.05, 0.1) is 12.0 Å². The van der Waals surface area contributed by atoms with Crippen molar-refractivity contribution in [3.63, 3.8) is 0 Å². The summed E-state index contributed by atoms with van der Waals surface area (Å²) >= 11 is 1.16. The molecule has 0 bridgehead atoms. The first-order valence-electron chi connectivity index (χ1n) is 6.24. The molecule has 2 rings (SSSR count). The summed E-state index contributed by atoms with van der Waals surface area (Å²) in [5.74, 6) is 0.857. The Hall–Kier alpha value is -1.92. The number of hydrogen-bond acceptors (Lipinski definition) is 5. The van der Waals surface area contributed by atoms with Gasteiger partial charge in [0, 0.05) is 18.0 Å². The van der Waals surface area contributed by atoms with Gasteiger partial charge >= 0.3 is 5.00 Å². The first kappa shape index (κ1) is 14.5. The van der Waals surface area contributed by atoms with Crippen molar-refractivity contribution in [2.45, 2.75) is 13.0 Å². The molecule has 1 aromatic heterocycles. The number of rotatable bonds is 7. The largest absolute Gasteiger partial charge is 0.497 e. The number of methoxy groups -OCH3 is 1. The fourth-order valence-corrected chi connectivity index (χ4v) is 2.57. The van der Waals surface area contributed by atoms with Crippen molar-refractivity contribution >= 4 is 16.3 Å². The minimum Gasteiger partial charge on any atom is -0.497 e. The van der Waals surface area contributed by atoms with Crippen LogP contribution in [0.15, 0.2) is 35.7 Å². The second-order valence-corrected chi connectivity index (χ2v) is 5.22. The summed E-state index contributed by atoms with van der Waals surface area (Å²) < 4.78 is 5.17. The summed E-state index contributed by atoms with van der Waals surface area (Å²) in [5, 5.41) is 15.9. The number of hydrogen-bond donors (Lipinski definition) is 1. The number of benzene rings is 1. The van der Waals surface area contributed by atoms with E-state index in [-0.39, 0.29) is 9.92 Å². The third-order valence-electron chi connectivity index (χ3n) is 2.87.